The van der Waals surface area contributed by atoms with E-state index in [1.165, 1.54) is 17.0 Å². The summed E-state index contributed by atoms with van der Waals surface area (Å²) in [5, 5.41) is 3.38. The van der Waals surface area contributed by atoms with Crippen LogP contribution in [0.25, 0.3) is 0 Å². The van der Waals surface area contributed by atoms with Crippen LogP contribution in [0.4, 0.5) is 10.1 Å². The predicted octanol–water partition coefficient (Wildman–Crippen LogP) is 3.26. The largest absolute Gasteiger partial charge is 0.481 e. The number of carbonyl (C=O) groups excluding carboxylic acids is 2. The van der Waals surface area contributed by atoms with Gasteiger partial charge in [-0.3, -0.25) is 9.59 Å². The van der Waals surface area contributed by atoms with Crippen LogP contribution in [0.2, 0.25) is 5.02 Å². The maximum Gasteiger partial charge on any atom is 0.260 e. The average Bonchev–Trinajstić information content (AvgIpc) is 2.56. The zero-order valence-electron chi connectivity index (χ0n) is 14.2. The van der Waals surface area contributed by atoms with Crippen molar-refractivity contribution in [2.24, 2.45) is 5.92 Å². The molecular formula is C19H18ClFN2O3. The molecule has 0 atom stereocenters. The zero-order valence-corrected chi connectivity index (χ0v) is 14.9. The van der Waals surface area contributed by atoms with Gasteiger partial charge in [-0.05, 0) is 36.8 Å². The van der Waals surface area contributed by atoms with E-state index in [9.17, 15) is 14.0 Å². The SMILES string of the molecule is Cc1ccc(NC(=O)C2CN(C(=O)COc3ccccc3F)C2)cc1Cl. The quantitative estimate of drug-likeness (QED) is 0.871. The van der Waals surface area contributed by atoms with Crippen molar-refractivity contribution in [3.05, 3.63) is 58.9 Å². The molecule has 0 spiro atoms. The summed E-state index contributed by atoms with van der Waals surface area (Å²) >= 11 is 6.04. The van der Waals surface area contributed by atoms with Crippen molar-refractivity contribution < 1.29 is 18.7 Å². The van der Waals surface area contributed by atoms with Crippen LogP contribution in [0.5, 0.6) is 5.75 Å². The molecule has 2 aromatic carbocycles. The Labute approximate surface area is 155 Å². The average molecular weight is 377 g/mol. The summed E-state index contributed by atoms with van der Waals surface area (Å²) in [6, 6.07) is 11.2. The second-order valence-corrected chi connectivity index (χ2v) is 6.58. The molecule has 5 nitrogen and oxygen atoms in total. The Morgan fingerprint density at radius 3 is 2.69 bits per heavy atom. The van der Waals surface area contributed by atoms with E-state index in [2.05, 4.69) is 5.32 Å². The van der Waals surface area contributed by atoms with Gasteiger partial charge in [0, 0.05) is 23.8 Å². The molecule has 2 amide bonds. The van der Waals surface area contributed by atoms with E-state index in [0.29, 0.717) is 23.8 Å². The fourth-order valence-electron chi connectivity index (χ4n) is 2.56. The first-order valence-electron chi connectivity index (χ1n) is 8.16. The van der Waals surface area contributed by atoms with Gasteiger partial charge in [-0.15, -0.1) is 0 Å². The van der Waals surface area contributed by atoms with Gasteiger partial charge in [0.05, 0.1) is 5.92 Å². The predicted molar refractivity (Wildman–Crippen MR) is 96.8 cm³/mol. The van der Waals surface area contributed by atoms with E-state index in [-0.39, 0.29) is 30.1 Å². The number of hydrogen-bond donors (Lipinski definition) is 1. The molecule has 2 aromatic rings. The lowest BCUT2D eigenvalue weighted by atomic mass is 9.99. The lowest BCUT2D eigenvalue weighted by Crippen LogP contribution is -2.55. The standard InChI is InChI=1S/C19H18ClFN2O3/c1-12-6-7-14(8-15(12)20)22-19(25)13-9-23(10-13)18(24)11-26-17-5-3-2-4-16(17)21/h2-8,13H,9-11H2,1H3,(H,22,25). The summed E-state index contributed by atoms with van der Waals surface area (Å²) < 4.78 is 18.6. The third-order valence-electron chi connectivity index (χ3n) is 4.23. The van der Waals surface area contributed by atoms with Crippen LogP contribution in [0, 0.1) is 18.7 Å². The molecule has 1 heterocycles. The number of anilines is 1. The van der Waals surface area contributed by atoms with Crippen LogP contribution in [-0.2, 0) is 9.59 Å². The minimum atomic E-state index is -0.516. The highest BCUT2D eigenvalue weighted by atomic mass is 35.5. The van der Waals surface area contributed by atoms with Crippen molar-refractivity contribution in [2.75, 3.05) is 25.0 Å². The fraction of sp³-hybridized carbons (Fsp3) is 0.263. The van der Waals surface area contributed by atoms with Crippen molar-refractivity contribution in [1.29, 1.82) is 0 Å². The minimum Gasteiger partial charge on any atom is -0.481 e. The molecule has 7 heteroatoms. The molecule has 1 aliphatic rings. The van der Waals surface area contributed by atoms with E-state index < -0.39 is 5.82 Å². The number of amides is 2. The Morgan fingerprint density at radius 1 is 1.27 bits per heavy atom. The number of rotatable bonds is 5. The highest BCUT2D eigenvalue weighted by Crippen LogP contribution is 2.23. The van der Waals surface area contributed by atoms with Crippen LogP contribution in [0.15, 0.2) is 42.5 Å². The second kappa shape index (κ2) is 7.74. The third-order valence-corrected chi connectivity index (χ3v) is 4.64. The Hall–Kier alpha value is -2.60. The highest BCUT2D eigenvalue weighted by Gasteiger charge is 2.35. The third kappa shape index (κ3) is 4.14. The molecule has 3 rings (SSSR count). The highest BCUT2D eigenvalue weighted by molar-refractivity contribution is 6.31. The minimum absolute atomic E-state index is 0.0342. The van der Waals surface area contributed by atoms with Crippen LogP contribution >= 0.6 is 11.6 Å². The Balaban J connectivity index is 1.45. The lowest BCUT2D eigenvalue weighted by Gasteiger charge is -2.38. The Bertz CT molecular complexity index is 837. The van der Waals surface area contributed by atoms with Crippen LogP contribution in [0.1, 0.15) is 5.56 Å². The molecule has 0 saturated carbocycles. The number of carbonyl (C=O) groups is 2. The molecular weight excluding hydrogens is 359 g/mol. The van der Waals surface area contributed by atoms with Gasteiger partial charge in [0.25, 0.3) is 5.91 Å². The summed E-state index contributed by atoms with van der Waals surface area (Å²) in [6.45, 7) is 2.24. The molecule has 0 bridgehead atoms. The normalized spacial score (nSPS) is 13.9. The molecule has 26 heavy (non-hydrogen) atoms. The van der Waals surface area contributed by atoms with Gasteiger partial charge in [-0.25, -0.2) is 4.39 Å². The number of para-hydroxylation sites is 1. The molecule has 0 radical (unpaired) electrons. The maximum atomic E-state index is 13.5. The van der Waals surface area contributed by atoms with E-state index in [1.807, 2.05) is 13.0 Å². The molecule has 0 aromatic heterocycles. The number of nitrogens with zero attached hydrogens (tertiary/aromatic N) is 1. The van der Waals surface area contributed by atoms with Crippen molar-refractivity contribution in [1.82, 2.24) is 4.90 Å². The summed E-state index contributed by atoms with van der Waals surface area (Å²) in [6.07, 6.45) is 0. The zero-order chi connectivity index (χ0) is 18.7. The van der Waals surface area contributed by atoms with Gasteiger partial charge in [-0.2, -0.15) is 0 Å². The molecule has 1 aliphatic heterocycles. The summed E-state index contributed by atoms with van der Waals surface area (Å²) in [5.41, 5.74) is 1.55. The molecule has 0 aliphatic carbocycles. The van der Waals surface area contributed by atoms with Gasteiger partial charge in [0.2, 0.25) is 5.91 Å². The smallest absolute Gasteiger partial charge is 0.260 e. The number of benzene rings is 2. The molecule has 1 saturated heterocycles. The van der Waals surface area contributed by atoms with Gasteiger partial charge in [0.15, 0.2) is 18.2 Å². The molecule has 1 N–H and O–H groups in total. The first-order chi connectivity index (χ1) is 12.4. The first kappa shape index (κ1) is 18.2. The van der Waals surface area contributed by atoms with Crippen molar-refractivity contribution in [3.8, 4) is 5.75 Å². The first-order valence-corrected chi connectivity index (χ1v) is 8.54. The van der Waals surface area contributed by atoms with Crippen LogP contribution in [-0.4, -0.2) is 36.4 Å². The number of nitrogens with one attached hydrogen (secondary N) is 1. The second-order valence-electron chi connectivity index (χ2n) is 6.17. The van der Waals surface area contributed by atoms with Gasteiger partial charge >= 0.3 is 0 Å². The van der Waals surface area contributed by atoms with Gasteiger partial charge < -0.3 is 15.0 Å². The number of ether oxygens (including phenoxy) is 1. The topological polar surface area (TPSA) is 58.6 Å². The molecule has 1 fully saturated rings. The number of likely N-dealkylation sites (tertiary alicyclic amines) is 1. The summed E-state index contributed by atoms with van der Waals surface area (Å²) in [5.74, 6) is -1.21. The van der Waals surface area contributed by atoms with Crippen LogP contribution in [0.3, 0.4) is 0 Å². The molecule has 0 unspecified atom stereocenters. The summed E-state index contributed by atoms with van der Waals surface area (Å²) in [4.78, 5) is 25.8. The maximum absolute atomic E-state index is 13.5. The lowest BCUT2D eigenvalue weighted by molar-refractivity contribution is -0.143. The van der Waals surface area contributed by atoms with E-state index >= 15 is 0 Å². The van der Waals surface area contributed by atoms with Crippen molar-refractivity contribution in [3.63, 3.8) is 0 Å². The van der Waals surface area contributed by atoms with Crippen molar-refractivity contribution in [2.45, 2.75) is 6.92 Å². The Morgan fingerprint density at radius 2 is 2.00 bits per heavy atom. The number of hydrogen-bond acceptors (Lipinski definition) is 3. The van der Waals surface area contributed by atoms with Gasteiger partial charge in [-0.1, -0.05) is 29.8 Å². The van der Waals surface area contributed by atoms with E-state index in [4.69, 9.17) is 16.3 Å². The monoisotopic (exact) mass is 376 g/mol. The molecule has 136 valence electrons. The van der Waals surface area contributed by atoms with E-state index in [0.717, 1.165) is 5.56 Å². The van der Waals surface area contributed by atoms with Gasteiger partial charge in [0.1, 0.15) is 0 Å². The van der Waals surface area contributed by atoms with Crippen molar-refractivity contribution >= 4 is 29.1 Å². The fourth-order valence-corrected chi connectivity index (χ4v) is 2.74. The number of halogens is 2. The van der Waals surface area contributed by atoms with Crippen LogP contribution < -0.4 is 10.1 Å². The number of aryl methyl sites for hydroxylation is 1. The Kier molecular flexibility index (Phi) is 5.42. The summed E-state index contributed by atoms with van der Waals surface area (Å²) in [7, 11) is 0. The van der Waals surface area contributed by atoms with E-state index in [1.54, 1.807) is 24.3 Å².